The van der Waals surface area contributed by atoms with Crippen molar-refractivity contribution in [2.45, 2.75) is 13.0 Å². The van der Waals surface area contributed by atoms with Gasteiger partial charge in [0.25, 0.3) is 0 Å². The van der Waals surface area contributed by atoms with E-state index in [2.05, 4.69) is 15.5 Å². The van der Waals surface area contributed by atoms with E-state index in [1.165, 1.54) is 0 Å². The van der Waals surface area contributed by atoms with Crippen molar-refractivity contribution in [3.63, 3.8) is 0 Å². The van der Waals surface area contributed by atoms with E-state index in [0.29, 0.717) is 17.2 Å². The monoisotopic (exact) mass is 293 g/mol. The second kappa shape index (κ2) is 7.28. The highest BCUT2D eigenvalue weighted by Crippen LogP contribution is 2.26. The van der Waals surface area contributed by atoms with E-state index in [0.717, 1.165) is 26.2 Å². The molecular weight excluding hydrogens is 270 g/mol. The lowest BCUT2D eigenvalue weighted by Crippen LogP contribution is -2.51. The highest BCUT2D eigenvalue weighted by Gasteiger charge is 2.22. The van der Waals surface area contributed by atoms with Crippen LogP contribution in [0.5, 0.6) is 11.5 Å². The van der Waals surface area contributed by atoms with Crippen LogP contribution in [0.25, 0.3) is 0 Å². The zero-order valence-electron chi connectivity index (χ0n) is 12.8. The molecule has 0 spiro atoms. The summed E-state index contributed by atoms with van der Waals surface area (Å²) in [4.78, 5) is 14.5. The Morgan fingerprint density at radius 3 is 2.29 bits per heavy atom. The molecule has 1 atom stereocenters. The van der Waals surface area contributed by atoms with E-state index >= 15 is 0 Å². The Morgan fingerprint density at radius 1 is 1.19 bits per heavy atom. The van der Waals surface area contributed by atoms with Crippen LogP contribution in [-0.4, -0.2) is 57.2 Å². The molecule has 1 unspecified atom stereocenters. The number of anilines is 1. The molecule has 1 aliphatic heterocycles. The van der Waals surface area contributed by atoms with E-state index in [-0.39, 0.29) is 11.9 Å². The molecule has 1 fully saturated rings. The van der Waals surface area contributed by atoms with Crippen molar-refractivity contribution in [2.24, 2.45) is 0 Å². The van der Waals surface area contributed by atoms with Gasteiger partial charge in [-0.3, -0.25) is 9.69 Å². The number of carbonyl (C=O) groups excluding carboxylic acids is 1. The van der Waals surface area contributed by atoms with E-state index in [1.807, 2.05) is 6.92 Å². The summed E-state index contributed by atoms with van der Waals surface area (Å²) in [6, 6.07) is 5.18. The van der Waals surface area contributed by atoms with Crippen LogP contribution in [-0.2, 0) is 4.79 Å². The van der Waals surface area contributed by atoms with Crippen molar-refractivity contribution in [3.8, 4) is 11.5 Å². The summed E-state index contributed by atoms with van der Waals surface area (Å²) in [5, 5.41) is 6.21. The van der Waals surface area contributed by atoms with Crippen LogP contribution in [0.4, 0.5) is 5.69 Å². The average molecular weight is 293 g/mol. The maximum absolute atomic E-state index is 12.4. The number of nitrogens with one attached hydrogen (secondary N) is 2. The Hall–Kier alpha value is -1.79. The van der Waals surface area contributed by atoms with Crippen LogP contribution in [0, 0.1) is 0 Å². The Labute approximate surface area is 125 Å². The molecular formula is C15H23N3O3. The van der Waals surface area contributed by atoms with Crippen LogP contribution >= 0.6 is 0 Å². The third-order valence-electron chi connectivity index (χ3n) is 3.70. The number of methoxy groups -OCH3 is 2. The Balaban J connectivity index is 2.04. The molecule has 1 saturated heterocycles. The summed E-state index contributed by atoms with van der Waals surface area (Å²) in [7, 11) is 3.17. The predicted octanol–water partition coefficient (Wildman–Crippen LogP) is 0.936. The molecule has 0 bridgehead atoms. The summed E-state index contributed by atoms with van der Waals surface area (Å²) >= 11 is 0. The van der Waals surface area contributed by atoms with Gasteiger partial charge in [-0.25, -0.2) is 0 Å². The van der Waals surface area contributed by atoms with Crippen molar-refractivity contribution in [1.82, 2.24) is 10.2 Å². The molecule has 21 heavy (non-hydrogen) atoms. The highest BCUT2D eigenvalue weighted by molar-refractivity contribution is 5.94. The molecule has 0 aliphatic carbocycles. The second-order valence-corrected chi connectivity index (χ2v) is 5.05. The first kappa shape index (κ1) is 15.6. The van der Waals surface area contributed by atoms with Crippen LogP contribution in [0.2, 0.25) is 0 Å². The van der Waals surface area contributed by atoms with Gasteiger partial charge in [0.05, 0.1) is 20.3 Å². The minimum absolute atomic E-state index is 0.0211. The van der Waals surface area contributed by atoms with Gasteiger partial charge in [-0.05, 0) is 6.92 Å². The van der Waals surface area contributed by atoms with Gasteiger partial charge in [-0.1, -0.05) is 0 Å². The lowest BCUT2D eigenvalue weighted by atomic mass is 10.2. The summed E-state index contributed by atoms with van der Waals surface area (Å²) < 4.78 is 10.4. The van der Waals surface area contributed by atoms with Gasteiger partial charge in [-0.2, -0.15) is 0 Å². The normalized spacial score (nSPS) is 17.1. The van der Waals surface area contributed by atoms with Gasteiger partial charge in [0, 0.05) is 50.1 Å². The average Bonchev–Trinajstić information content (AvgIpc) is 2.54. The molecule has 1 heterocycles. The predicted molar refractivity (Wildman–Crippen MR) is 82.1 cm³/mol. The van der Waals surface area contributed by atoms with Crippen molar-refractivity contribution < 1.29 is 14.3 Å². The first-order valence-electron chi connectivity index (χ1n) is 7.12. The lowest BCUT2D eigenvalue weighted by molar-refractivity contribution is -0.120. The van der Waals surface area contributed by atoms with Gasteiger partial charge >= 0.3 is 0 Å². The molecule has 2 rings (SSSR count). The quantitative estimate of drug-likeness (QED) is 0.846. The largest absolute Gasteiger partial charge is 0.497 e. The number of hydrogen-bond donors (Lipinski definition) is 2. The molecule has 0 saturated carbocycles. The molecule has 6 heteroatoms. The minimum Gasteiger partial charge on any atom is -0.497 e. The topological polar surface area (TPSA) is 62.8 Å². The summed E-state index contributed by atoms with van der Waals surface area (Å²) in [6.45, 7) is 5.54. The molecule has 0 radical (unpaired) electrons. The third kappa shape index (κ3) is 4.09. The number of carbonyl (C=O) groups is 1. The molecule has 1 aromatic rings. The number of hydrogen-bond acceptors (Lipinski definition) is 5. The van der Waals surface area contributed by atoms with Crippen LogP contribution in [0.1, 0.15) is 6.92 Å². The second-order valence-electron chi connectivity index (χ2n) is 5.05. The zero-order valence-corrected chi connectivity index (χ0v) is 12.8. The fraction of sp³-hybridized carbons (Fsp3) is 0.533. The van der Waals surface area contributed by atoms with E-state index in [4.69, 9.17) is 9.47 Å². The third-order valence-corrected chi connectivity index (χ3v) is 3.70. The summed E-state index contributed by atoms with van der Waals surface area (Å²) in [5.41, 5.74) is 0.679. The minimum atomic E-state index is -0.163. The fourth-order valence-electron chi connectivity index (χ4n) is 2.36. The number of ether oxygens (including phenoxy) is 2. The van der Waals surface area contributed by atoms with Crippen LogP contribution in [0.3, 0.4) is 0 Å². The molecule has 6 nitrogen and oxygen atoms in total. The zero-order chi connectivity index (χ0) is 15.2. The van der Waals surface area contributed by atoms with Crippen molar-refractivity contribution >= 4 is 11.6 Å². The fourth-order valence-corrected chi connectivity index (χ4v) is 2.36. The van der Waals surface area contributed by atoms with Crippen molar-refractivity contribution in [1.29, 1.82) is 0 Å². The van der Waals surface area contributed by atoms with E-state index < -0.39 is 0 Å². The first-order valence-corrected chi connectivity index (χ1v) is 7.12. The van der Waals surface area contributed by atoms with Crippen molar-refractivity contribution in [3.05, 3.63) is 18.2 Å². The summed E-state index contributed by atoms with van der Waals surface area (Å²) in [6.07, 6.45) is 0. The molecule has 0 aromatic heterocycles. The number of nitrogens with zero attached hydrogens (tertiary/aromatic N) is 1. The molecule has 2 N–H and O–H groups in total. The first-order chi connectivity index (χ1) is 10.1. The Kier molecular flexibility index (Phi) is 5.41. The standard InChI is InChI=1S/C15H23N3O3/c1-11(18-6-4-16-5-7-18)15(19)17-12-8-13(20-2)10-14(9-12)21-3/h8-11,16H,4-7H2,1-3H3,(H,17,19). The van der Waals surface area contributed by atoms with Gasteiger partial charge in [0.15, 0.2) is 0 Å². The number of amides is 1. The molecule has 116 valence electrons. The van der Waals surface area contributed by atoms with Crippen molar-refractivity contribution in [2.75, 3.05) is 45.7 Å². The van der Waals surface area contributed by atoms with Crippen LogP contribution < -0.4 is 20.1 Å². The van der Waals surface area contributed by atoms with E-state index in [9.17, 15) is 4.79 Å². The Morgan fingerprint density at radius 2 is 1.76 bits per heavy atom. The molecule has 1 amide bonds. The number of rotatable bonds is 5. The summed E-state index contributed by atoms with van der Waals surface area (Å²) in [5.74, 6) is 1.28. The van der Waals surface area contributed by atoms with Crippen LogP contribution in [0.15, 0.2) is 18.2 Å². The molecule has 1 aromatic carbocycles. The Bertz CT molecular complexity index is 465. The van der Waals surface area contributed by atoms with Gasteiger partial charge in [0.2, 0.25) is 5.91 Å². The molecule has 1 aliphatic rings. The lowest BCUT2D eigenvalue weighted by Gasteiger charge is -2.31. The SMILES string of the molecule is COc1cc(NC(=O)C(C)N2CCNCC2)cc(OC)c1. The maximum atomic E-state index is 12.4. The van der Waals surface area contributed by atoms with Gasteiger partial charge in [-0.15, -0.1) is 0 Å². The maximum Gasteiger partial charge on any atom is 0.241 e. The highest BCUT2D eigenvalue weighted by atomic mass is 16.5. The number of piperazine rings is 1. The number of benzene rings is 1. The smallest absolute Gasteiger partial charge is 0.241 e. The van der Waals surface area contributed by atoms with Gasteiger partial charge in [0.1, 0.15) is 11.5 Å². The van der Waals surface area contributed by atoms with E-state index in [1.54, 1.807) is 32.4 Å². The van der Waals surface area contributed by atoms with Gasteiger partial charge < -0.3 is 20.1 Å².